The summed E-state index contributed by atoms with van der Waals surface area (Å²) in [5.41, 5.74) is 1.00. The van der Waals surface area contributed by atoms with E-state index in [1.807, 2.05) is 12.3 Å². The maximum absolute atomic E-state index is 5.57. The number of pyridine rings is 1. The van der Waals surface area contributed by atoms with Crippen molar-refractivity contribution in [1.82, 2.24) is 4.98 Å². The fourth-order valence-corrected chi connectivity index (χ4v) is 4.31. The maximum atomic E-state index is 5.57. The van der Waals surface area contributed by atoms with Crippen LogP contribution in [0.3, 0.4) is 0 Å². The predicted octanol–water partition coefficient (Wildman–Crippen LogP) is 4.61. The van der Waals surface area contributed by atoms with Crippen molar-refractivity contribution < 1.29 is 4.74 Å². The van der Waals surface area contributed by atoms with Crippen LogP contribution in [-0.4, -0.2) is 12.1 Å². The lowest BCUT2D eigenvalue weighted by atomic mass is 10.1. The van der Waals surface area contributed by atoms with E-state index in [1.54, 1.807) is 7.11 Å². The summed E-state index contributed by atoms with van der Waals surface area (Å²) >= 11 is 4.67. The van der Waals surface area contributed by atoms with E-state index in [0.717, 1.165) is 25.6 Å². The summed E-state index contributed by atoms with van der Waals surface area (Å²) < 4.78 is 7.91. The minimum absolute atomic E-state index is 0.912. The van der Waals surface area contributed by atoms with Crippen molar-refractivity contribution >= 4 is 66.9 Å². The smallest absolute Gasteiger partial charge is 0.142 e. The van der Waals surface area contributed by atoms with Crippen LogP contribution >= 0.6 is 45.2 Å². The molecule has 0 aliphatic carbocycles. The van der Waals surface area contributed by atoms with Crippen LogP contribution in [0.1, 0.15) is 0 Å². The molecule has 0 amide bonds. The number of hydrogen-bond donors (Lipinski definition) is 0. The molecule has 0 saturated carbocycles. The third kappa shape index (κ3) is 1.85. The SMILES string of the molecule is COc1c(I)cc(I)c2ccc3cccnc3c12. The molecule has 0 atom stereocenters. The van der Waals surface area contributed by atoms with E-state index in [2.05, 4.69) is 74.4 Å². The molecule has 3 aromatic rings. The fourth-order valence-electron chi connectivity index (χ4n) is 2.15. The first-order chi connectivity index (χ1) is 8.72. The van der Waals surface area contributed by atoms with Gasteiger partial charge in [0.05, 0.1) is 21.6 Å². The predicted molar refractivity (Wildman–Crippen MR) is 91.2 cm³/mol. The summed E-state index contributed by atoms with van der Waals surface area (Å²) in [7, 11) is 1.71. The molecule has 2 aromatic carbocycles. The summed E-state index contributed by atoms with van der Waals surface area (Å²) in [5, 5.41) is 3.44. The molecular weight excluding hydrogens is 452 g/mol. The number of ether oxygens (including phenoxy) is 1. The van der Waals surface area contributed by atoms with Gasteiger partial charge < -0.3 is 4.74 Å². The number of benzene rings is 2. The zero-order chi connectivity index (χ0) is 12.7. The molecule has 1 aromatic heterocycles. The Kier molecular flexibility index (Phi) is 3.31. The first-order valence-electron chi connectivity index (χ1n) is 5.42. The number of hydrogen-bond acceptors (Lipinski definition) is 2. The van der Waals surface area contributed by atoms with Crippen LogP contribution in [0.4, 0.5) is 0 Å². The van der Waals surface area contributed by atoms with Crippen LogP contribution in [0.15, 0.2) is 36.5 Å². The number of methoxy groups -OCH3 is 1. The minimum Gasteiger partial charge on any atom is -0.495 e. The monoisotopic (exact) mass is 461 g/mol. The van der Waals surface area contributed by atoms with Gasteiger partial charge in [0.25, 0.3) is 0 Å². The van der Waals surface area contributed by atoms with Crippen LogP contribution in [0.25, 0.3) is 21.7 Å². The van der Waals surface area contributed by atoms with Gasteiger partial charge >= 0.3 is 0 Å². The van der Waals surface area contributed by atoms with E-state index >= 15 is 0 Å². The number of halogens is 2. The number of fused-ring (bicyclic) bond motifs is 3. The Morgan fingerprint density at radius 3 is 2.72 bits per heavy atom. The minimum atomic E-state index is 0.912. The normalized spacial score (nSPS) is 11.1. The zero-order valence-electron chi connectivity index (χ0n) is 9.58. The molecular formula is C14H9I2NO. The summed E-state index contributed by atoms with van der Waals surface area (Å²) in [5.74, 6) is 0.912. The van der Waals surface area contributed by atoms with Crippen LogP contribution in [0, 0.1) is 7.14 Å². The highest BCUT2D eigenvalue weighted by Gasteiger charge is 2.13. The average molecular weight is 461 g/mol. The molecule has 0 fully saturated rings. The standard InChI is InChI=1S/C14H9I2NO/c1-18-14-11(16)7-10(15)9-5-4-8-3-2-6-17-13(8)12(9)14/h2-7H,1H3. The van der Waals surface area contributed by atoms with Crippen molar-refractivity contribution in [2.24, 2.45) is 0 Å². The molecule has 0 unspecified atom stereocenters. The van der Waals surface area contributed by atoms with Crippen LogP contribution in [0.2, 0.25) is 0 Å². The van der Waals surface area contributed by atoms with Gasteiger partial charge in [0.1, 0.15) is 5.75 Å². The lowest BCUT2D eigenvalue weighted by Gasteiger charge is -2.11. The van der Waals surface area contributed by atoms with Gasteiger partial charge in [-0.1, -0.05) is 18.2 Å². The van der Waals surface area contributed by atoms with Gasteiger partial charge in [0, 0.05) is 20.5 Å². The van der Waals surface area contributed by atoms with Gasteiger partial charge in [-0.05, 0) is 57.3 Å². The number of rotatable bonds is 1. The number of aromatic nitrogens is 1. The molecule has 4 heteroatoms. The second-order valence-corrected chi connectivity index (χ2v) is 6.26. The molecule has 0 bridgehead atoms. The highest BCUT2D eigenvalue weighted by Crippen LogP contribution is 2.37. The highest BCUT2D eigenvalue weighted by molar-refractivity contribution is 14.1. The van der Waals surface area contributed by atoms with E-state index < -0.39 is 0 Å². The van der Waals surface area contributed by atoms with E-state index in [9.17, 15) is 0 Å². The van der Waals surface area contributed by atoms with Crippen LogP contribution in [0.5, 0.6) is 5.75 Å². The van der Waals surface area contributed by atoms with E-state index in [-0.39, 0.29) is 0 Å². The summed E-state index contributed by atoms with van der Waals surface area (Å²) in [6, 6.07) is 10.4. The largest absolute Gasteiger partial charge is 0.495 e. The van der Waals surface area contributed by atoms with Crippen molar-refractivity contribution in [3.05, 3.63) is 43.7 Å². The molecule has 0 aliphatic rings. The molecule has 2 nitrogen and oxygen atoms in total. The Balaban J connectivity index is 2.62. The molecule has 3 rings (SSSR count). The van der Waals surface area contributed by atoms with Gasteiger partial charge in [-0.2, -0.15) is 0 Å². The Morgan fingerprint density at radius 2 is 1.94 bits per heavy atom. The highest BCUT2D eigenvalue weighted by atomic mass is 127. The van der Waals surface area contributed by atoms with Crippen molar-refractivity contribution in [2.45, 2.75) is 0 Å². The Hall–Kier alpha value is -0.630. The topological polar surface area (TPSA) is 22.1 Å². The summed E-state index contributed by atoms with van der Waals surface area (Å²) in [6.07, 6.45) is 1.83. The molecule has 90 valence electrons. The fraction of sp³-hybridized carbons (Fsp3) is 0.0714. The van der Waals surface area contributed by atoms with E-state index in [4.69, 9.17) is 4.74 Å². The second kappa shape index (κ2) is 4.80. The maximum Gasteiger partial charge on any atom is 0.142 e. The van der Waals surface area contributed by atoms with Crippen molar-refractivity contribution in [3.63, 3.8) is 0 Å². The van der Waals surface area contributed by atoms with Crippen LogP contribution < -0.4 is 4.74 Å². The van der Waals surface area contributed by atoms with Gasteiger partial charge in [-0.25, -0.2) is 0 Å². The average Bonchev–Trinajstić information content (AvgIpc) is 2.39. The Morgan fingerprint density at radius 1 is 1.11 bits per heavy atom. The van der Waals surface area contributed by atoms with Crippen molar-refractivity contribution in [2.75, 3.05) is 7.11 Å². The Bertz CT molecular complexity index is 755. The van der Waals surface area contributed by atoms with Gasteiger partial charge in [-0.3, -0.25) is 4.98 Å². The van der Waals surface area contributed by atoms with Crippen molar-refractivity contribution in [3.8, 4) is 5.75 Å². The first-order valence-corrected chi connectivity index (χ1v) is 7.57. The van der Waals surface area contributed by atoms with Gasteiger partial charge in [0.15, 0.2) is 0 Å². The number of nitrogens with zero attached hydrogens (tertiary/aromatic N) is 1. The van der Waals surface area contributed by atoms with Crippen molar-refractivity contribution in [1.29, 1.82) is 0 Å². The third-order valence-electron chi connectivity index (χ3n) is 2.93. The Labute approximate surface area is 132 Å². The lowest BCUT2D eigenvalue weighted by molar-refractivity contribution is 0.417. The molecule has 0 N–H and O–H groups in total. The lowest BCUT2D eigenvalue weighted by Crippen LogP contribution is -1.93. The molecule has 0 aliphatic heterocycles. The molecule has 0 saturated heterocycles. The summed E-state index contributed by atoms with van der Waals surface area (Å²) in [4.78, 5) is 4.51. The van der Waals surface area contributed by atoms with E-state index in [1.165, 1.54) is 8.96 Å². The quantitative estimate of drug-likeness (QED) is 0.391. The van der Waals surface area contributed by atoms with E-state index in [0.29, 0.717) is 0 Å². The summed E-state index contributed by atoms with van der Waals surface area (Å²) in [6.45, 7) is 0. The molecule has 18 heavy (non-hydrogen) atoms. The van der Waals surface area contributed by atoms with Gasteiger partial charge in [-0.15, -0.1) is 0 Å². The zero-order valence-corrected chi connectivity index (χ0v) is 13.9. The molecule has 1 heterocycles. The first kappa shape index (κ1) is 12.4. The van der Waals surface area contributed by atoms with Gasteiger partial charge in [0.2, 0.25) is 0 Å². The molecule has 0 radical (unpaired) electrons. The second-order valence-electron chi connectivity index (χ2n) is 3.94. The van der Waals surface area contributed by atoms with Crippen LogP contribution in [-0.2, 0) is 0 Å². The third-order valence-corrected chi connectivity index (χ3v) is 4.63. The molecule has 0 spiro atoms.